The largest absolute Gasteiger partial charge is 0.384 e. The second-order valence-corrected chi connectivity index (χ2v) is 5.89. The van der Waals surface area contributed by atoms with Gasteiger partial charge in [-0.1, -0.05) is 37.6 Å². The van der Waals surface area contributed by atoms with Gasteiger partial charge in [-0.05, 0) is 18.4 Å². The first-order chi connectivity index (χ1) is 8.42. The van der Waals surface area contributed by atoms with E-state index < -0.39 is 11.4 Å². The molecule has 0 aliphatic carbocycles. The SMILES string of the molecule is CC(C)CN1CCC(O)(c2cccc(F)c2Cl)C1. The second-order valence-electron chi connectivity index (χ2n) is 5.51. The summed E-state index contributed by atoms with van der Waals surface area (Å²) in [4.78, 5) is 2.20. The van der Waals surface area contributed by atoms with Crippen LogP contribution >= 0.6 is 11.6 Å². The molecule has 0 radical (unpaired) electrons. The van der Waals surface area contributed by atoms with Gasteiger partial charge in [0.15, 0.2) is 0 Å². The molecule has 0 saturated carbocycles. The maximum atomic E-state index is 13.5. The fraction of sp³-hybridized carbons (Fsp3) is 0.571. The fourth-order valence-corrected chi connectivity index (χ4v) is 2.93. The Hall–Kier alpha value is -0.640. The van der Waals surface area contributed by atoms with Crippen LogP contribution in [0, 0.1) is 11.7 Å². The van der Waals surface area contributed by atoms with Crippen LogP contribution < -0.4 is 0 Å². The summed E-state index contributed by atoms with van der Waals surface area (Å²) in [6.07, 6.45) is 0.600. The highest BCUT2D eigenvalue weighted by molar-refractivity contribution is 6.31. The third-order valence-corrected chi connectivity index (χ3v) is 3.79. The molecule has 1 aromatic carbocycles. The molecule has 100 valence electrons. The lowest BCUT2D eigenvalue weighted by molar-refractivity contribution is 0.0447. The summed E-state index contributed by atoms with van der Waals surface area (Å²) in [5.41, 5.74) is -0.510. The van der Waals surface area contributed by atoms with Crippen LogP contribution in [0.1, 0.15) is 25.8 Å². The Labute approximate surface area is 112 Å². The van der Waals surface area contributed by atoms with Crippen molar-refractivity contribution in [3.8, 4) is 0 Å². The van der Waals surface area contributed by atoms with Crippen molar-refractivity contribution in [3.63, 3.8) is 0 Å². The average molecular weight is 272 g/mol. The summed E-state index contributed by atoms with van der Waals surface area (Å²) < 4.78 is 13.5. The van der Waals surface area contributed by atoms with Crippen molar-refractivity contribution >= 4 is 11.6 Å². The summed E-state index contributed by atoms with van der Waals surface area (Å²) in [6.45, 7) is 6.57. The minimum Gasteiger partial charge on any atom is -0.384 e. The van der Waals surface area contributed by atoms with Gasteiger partial charge in [0.1, 0.15) is 11.4 Å². The zero-order chi connectivity index (χ0) is 13.3. The Morgan fingerprint density at radius 1 is 1.50 bits per heavy atom. The van der Waals surface area contributed by atoms with Crippen molar-refractivity contribution < 1.29 is 9.50 Å². The maximum Gasteiger partial charge on any atom is 0.142 e. The minimum absolute atomic E-state index is 0.0476. The van der Waals surface area contributed by atoms with Crippen molar-refractivity contribution in [2.24, 2.45) is 5.92 Å². The van der Waals surface area contributed by atoms with E-state index in [2.05, 4.69) is 18.7 Å². The molecule has 1 N–H and O–H groups in total. The van der Waals surface area contributed by atoms with Gasteiger partial charge in [0.25, 0.3) is 0 Å². The third-order valence-electron chi connectivity index (χ3n) is 3.40. The standard InChI is InChI=1S/C14H19ClFNO/c1-10(2)8-17-7-6-14(18,9-17)11-4-3-5-12(16)13(11)15/h3-5,10,18H,6-9H2,1-2H3. The van der Waals surface area contributed by atoms with Crippen molar-refractivity contribution in [2.45, 2.75) is 25.9 Å². The highest BCUT2D eigenvalue weighted by Gasteiger charge is 2.39. The number of likely N-dealkylation sites (tertiary alicyclic amines) is 1. The van der Waals surface area contributed by atoms with Gasteiger partial charge in [-0.3, -0.25) is 4.90 Å². The molecule has 0 bridgehead atoms. The summed E-state index contributed by atoms with van der Waals surface area (Å²) in [7, 11) is 0. The number of aliphatic hydroxyl groups is 1. The number of hydrogen-bond acceptors (Lipinski definition) is 2. The number of hydrogen-bond donors (Lipinski definition) is 1. The van der Waals surface area contributed by atoms with Gasteiger partial charge < -0.3 is 5.11 Å². The first-order valence-electron chi connectivity index (χ1n) is 6.31. The molecule has 1 heterocycles. The highest BCUT2D eigenvalue weighted by Crippen LogP contribution is 2.37. The average Bonchev–Trinajstić information content (AvgIpc) is 2.64. The third kappa shape index (κ3) is 2.68. The van der Waals surface area contributed by atoms with Gasteiger partial charge in [0.2, 0.25) is 0 Å². The van der Waals surface area contributed by atoms with Gasteiger partial charge in [-0.2, -0.15) is 0 Å². The molecule has 4 heteroatoms. The highest BCUT2D eigenvalue weighted by atomic mass is 35.5. The summed E-state index contributed by atoms with van der Waals surface area (Å²) in [5.74, 6) is 0.0835. The Morgan fingerprint density at radius 2 is 2.22 bits per heavy atom. The van der Waals surface area contributed by atoms with Crippen LogP contribution in [-0.2, 0) is 5.60 Å². The number of rotatable bonds is 3. The van der Waals surface area contributed by atoms with Gasteiger partial charge in [0.05, 0.1) is 5.02 Å². The van der Waals surface area contributed by atoms with E-state index in [1.165, 1.54) is 6.07 Å². The molecule has 2 rings (SSSR count). The molecule has 2 nitrogen and oxygen atoms in total. The zero-order valence-corrected chi connectivity index (χ0v) is 11.5. The summed E-state index contributed by atoms with van der Waals surface area (Å²) in [5, 5.41) is 10.7. The van der Waals surface area contributed by atoms with E-state index >= 15 is 0 Å². The Balaban J connectivity index is 2.20. The van der Waals surface area contributed by atoms with Gasteiger partial charge in [-0.25, -0.2) is 4.39 Å². The fourth-order valence-electron chi connectivity index (χ4n) is 2.63. The van der Waals surface area contributed by atoms with E-state index in [1.807, 2.05) is 0 Å². The van der Waals surface area contributed by atoms with Gasteiger partial charge >= 0.3 is 0 Å². The predicted molar refractivity (Wildman–Crippen MR) is 71.2 cm³/mol. The molecule has 1 aromatic rings. The van der Waals surface area contributed by atoms with Gasteiger partial charge in [0, 0.05) is 25.2 Å². The lowest BCUT2D eigenvalue weighted by atomic mass is 9.93. The van der Waals surface area contributed by atoms with Crippen LogP contribution in [0.25, 0.3) is 0 Å². The molecule has 0 aromatic heterocycles. The topological polar surface area (TPSA) is 23.5 Å². The van der Waals surface area contributed by atoms with E-state index in [9.17, 15) is 9.50 Å². The number of benzene rings is 1. The molecule has 18 heavy (non-hydrogen) atoms. The van der Waals surface area contributed by atoms with Crippen LogP contribution in [0.3, 0.4) is 0 Å². The second kappa shape index (κ2) is 5.16. The lowest BCUT2D eigenvalue weighted by Crippen LogP contribution is -2.32. The molecular weight excluding hydrogens is 253 g/mol. The molecule has 1 fully saturated rings. The zero-order valence-electron chi connectivity index (χ0n) is 10.8. The first-order valence-corrected chi connectivity index (χ1v) is 6.69. The quantitative estimate of drug-likeness (QED) is 0.913. The van der Waals surface area contributed by atoms with Crippen molar-refractivity contribution in [2.75, 3.05) is 19.6 Å². The van der Waals surface area contributed by atoms with Gasteiger partial charge in [-0.15, -0.1) is 0 Å². The molecule has 0 amide bonds. The van der Waals surface area contributed by atoms with E-state index in [-0.39, 0.29) is 5.02 Å². The smallest absolute Gasteiger partial charge is 0.142 e. The Morgan fingerprint density at radius 3 is 2.89 bits per heavy atom. The molecule has 0 spiro atoms. The van der Waals surface area contributed by atoms with Crippen molar-refractivity contribution in [1.29, 1.82) is 0 Å². The number of β-amino-alcohol motifs (C(OH)–C–C–N with tert-alkyl or cyclic N) is 1. The van der Waals surface area contributed by atoms with Crippen LogP contribution in [0.15, 0.2) is 18.2 Å². The predicted octanol–water partition coefficient (Wildman–Crippen LogP) is 3.03. The monoisotopic (exact) mass is 271 g/mol. The number of nitrogens with zero attached hydrogens (tertiary/aromatic N) is 1. The Kier molecular flexibility index (Phi) is 3.95. The van der Waals surface area contributed by atoms with Crippen molar-refractivity contribution in [1.82, 2.24) is 4.90 Å². The molecule has 1 aliphatic heterocycles. The molecule has 1 unspecified atom stereocenters. The first kappa shape index (κ1) is 13.8. The summed E-state index contributed by atoms with van der Waals surface area (Å²) >= 11 is 5.96. The van der Waals surface area contributed by atoms with E-state index in [1.54, 1.807) is 12.1 Å². The normalized spacial score (nSPS) is 25.0. The minimum atomic E-state index is -1.02. The molecule has 1 atom stereocenters. The maximum absolute atomic E-state index is 13.5. The van der Waals surface area contributed by atoms with Crippen LogP contribution in [0.4, 0.5) is 4.39 Å². The van der Waals surface area contributed by atoms with Crippen LogP contribution in [-0.4, -0.2) is 29.6 Å². The van der Waals surface area contributed by atoms with E-state index in [0.717, 1.165) is 13.1 Å². The molecular formula is C14H19ClFNO. The molecule has 1 aliphatic rings. The van der Waals surface area contributed by atoms with Crippen LogP contribution in [0.2, 0.25) is 5.02 Å². The number of halogens is 2. The van der Waals surface area contributed by atoms with Crippen LogP contribution in [0.5, 0.6) is 0 Å². The lowest BCUT2D eigenvalue weighted by Gasteiger charge is -2.25. The summed E-state index contributed by atoms with van der Waals surface area (Å²) in [6, 6.07) is 4.62. The van der Waals surface area contributed by atoms with E-state index in [4.69, 9.17) is 11.6 Å². The molecule has 1 saturated heterocycles. The van der Waals surface area contributed by atoms with Crippen molar-refractivity contribution in [3.05, 3.63) is 34.6 Å². The van der Waals surface area contributed by atoms with E-state index in [0.29, 0.717) is 24.4 Å². The Bertz CT molecular complexity index is 438.